The summed E-state index contributed by atoms with van der Waals surface area (Å²) >= 11 is 0. The molecular formula is C12H21NO3. The summed E-state index contributed by atoms with van der Waals surface area (Å²) in [5, 5.41) is 2.57. The zero-order valence-electron chi connectivity index (χ0n) is 10.5. The number of amides is 1. The molecule has 0 aromatic rings. The molecular weight excluding hydrogens is 206 g/mol. The van der Waals surface area contributed by atoms with Crippen LogP contribution in [0.3, 0.4) is 0 Å². The van der Waals surface area contributed by atoms with Crippen LogP contribution in [-0.4, -0.2) is 23.5 Å². The lowest BCUT2D eigenvalue weighted by Crippen LogP contribution is -2.45. The molecule has 16 heavy (non-hydrogen) atoms. The maximum atomic E-state index is 11.8. The van der Waals surface area contributed by atoms with Crippen molar-refractivity contribution in [3.05, 3.63) is 0 Å². The van der Waals surface area contributed by atoms with E-state index >= 15 is 0 Å². The van der Waals surface area contributed by atoms with Crippen LogP contribution in [0.1, 0.15) is 47.0 Å². The lowest BCUT2D eigenvalue weighted by Gasteiger charge is -2.27. The summed E-state index contributed by atoms with van der Waals surface area (Å²) < 4.78 is 5.09. The van der Waals surface area contributed by atoms with Crippen LogP contribution < -0.4 is 5.32 Å². The van der Waals surface area contributed by atoms with E-state index < -0.39 is 17.7 Å². The lowest BCUT2D eigenvalue weighted by molar-refractivity contribution is -0.126. The van der Waals surface area contributed by atoms with Crippen molar-refractivity contribution >= 4 is 11.9 Å². The van der Waals surface area contributed by atoms with Crippen molar-refractivity contribution in [1.82, 2.24) is 5.32 Å². The van der Waals surface area contributed by atoms with Gasteiger partial charge in [0.15, 0.2) is 5.78 Å². The van der Waals surface area contributed by atoms with Gasteiger partial charge < -0.3 is 10.1 Å². The molecule has 1 fully saturated rings. The SMILES string of the molecule is C[C@@H](NC(=O)OC(C)(C)C)C(=O)C1CCC1. The number of nitrogens with one attached hydrogen (secondary N) is 1. The number of alkyl carbamates (subject to hydrolysis) is 1. The standard InChI is InChI=1S/C12H21NO3/c1-8(10(14)9-6-5-7-9)13-11(15)16-12(2,3)4/h8-9H,5-7H2,1-4H3,(H,13,15)/t8-/m1/s1. The molecule has 1 N–H and O–H groups in total. The van der Waals surface area contributed by atoms with Gasteiger partial charge >= 0.3 is 6.09 Å². The quantitative estimate of drug-likeness (QED) is 0.804. The second kappa shape index (κ2) is 4.85. The van der Waals surface area contributed by atoms with Gasteiger partial charge in [-0.1, -0.05) is 6.42 Å². The zero-order chi connectivity index (χ0) is 12.3. The molecule has 4 nitrogen and oxygen atoms in total. The number of ketones is 1. The molecule has 1 amide bonds. The van der Waals surface area contributed by atoms with E-state index in [0.29, 0.717) is 0 Å². The van der Waals surface area contributed by atoms with E-state index in [-0.39, 0.29) is 11.7 Å². The molecule has 0 aromatic heterocycles. The van der Waals surface area contributed by atoms with Gasteiger partial charge in [-0.25, -0.2) is 4.79 Å². The van der Waals surface area contributed by atoms with Crippen LogP contribution in [0.25, 0.3) is 0 Å². The van der Waals surface area contributed by atoms with Crippen LogP contribution >= 0.6 is 0 Å². The lowest BCUT2D eigenvalue weighted by atomic mass is 9.80. The number of hydrogen-bond donors (Lipinski definition) is 1. The summed E-state index contributed by atoms with van der Waals surface area (Å²) in [5.41, 5.74) is -0.524. The predicted octanol–water partition coefficient (Wildman–Crippen LogP) is 2.27. The Morgan fingerprint density at radius 2 is 1.88 bits per heavy atom. The van der Waals surface area contributed by atoms with Crippen LogP contribution in [0, 0.1) is 5.92 Å². The fraction of sp³-hybridized carbons (Fsp3) is 0.833. The Labute approximate surface area is 96.7 Å². The van der Waals surface area contributed by atoms with E-state index in [0.717, 1.165) is 19.3 Å². The molecule has 0 bridgehead atoms. The first kappa shape index (κ1) is 13.0. The summed E-state index contributed by atoms with van der Waals surface area (Å²) in [7, 11) is 0. The van der Waals surface area contributed by atoms with Crippen molar-refractivity contribution < 1.29 is 14.3 Å². The highest BCUT2D eigenvalue weighted by Gasteiger charge is 2.30. The van der Waals surface area contributed by atoms with E-state index in [1.807, 2.05) is 0 Å². The van der Waals surface area contributed by atoms with Gasteiger partial charge in [0.05, 0.1) is 6.04 Å². The molecule has 1 rings (SSSR count). The zero-order valence-corrected chi connectivity index (χ0v) is 10.5. The average molecular weight is 227 g/mol. The van der Waals surface area contributed by atoms with E-state index in [4.69, 9.17) is 4.74 Å². The van der Waals surface area contributed by atoms with E-state index in [9.17, 15) is 9.59 Å². The highest BCUT2D eigenvalue weighted by molar-refractivity contribution is 5.89. The highest BCUT2D eigenvalue weighted by atomic mass is 16.6. The highest BCUT2D eigenvalue weighted by Crippen LogP contribution is 2.28. The fourth-order valence-corrected chi connectivity index (χ4v) is 1.60. The molecule has 0 aromatic carbocycles. The summed E-state index contributed by atoms with van der Waals surface area (Å²) in [4.78, 5) is 23.2. The second-order valence-corrected chi connectivity index (χ2v) is 5.40. The molecule has 1 atom stereocenters. The van der Waals surface area contributed by atoms with Crippen LogP contribution in [0.4, 0.5) is 4.79 Å². The fourth-order valence-electron chi connectivity index (χ4n) is 1.60. The minimum absolute atomic E-state index is 0.122. The van der Waals surface area contributed by atoms with Gasteiger partial charge in [-0.15, -0.1) is 0 Å². The molecule has 0 spiro atoms. The number of hydrogen-bond acceptors (Lipinski definition) is 3. The van der Waals surface area contributed by atoms with Crippen LogP contribution in [0.2, 0.25) is 0 Å². The summed E-state index contributed by atoms with van der Waals surface area (Å²) in [6, 6.07) is -0.444. The summed E-state index contributed by atoms with van der Waals surface area (Å²) in [6.45, 7) is 7.10. The summed E-state index contributed by atoms with van der Waals surface area (Å²) in [6.07, 6.45) is 2.51. The van der Waals surface area contributed by atoms with Gasteiger partial charge in [0, 0.05) is 5.92 Å². The largest absolute Gasteiger partial charge is 0.444 e. The normalized spacial score (nSPS) is 18.5. The van der Waals surface area contributed by atoms with Gasteiger partial charge in [0.2, 0.25) is 0 Å². The van der Waals surface area contributed by atoms with Gasteiger partial charge in [-0.3, -0.25) is 4.79 Å². The molecule has 1 aliphatic carbocycles. The van der Waals surface area contributed by atoms with Crippen molar-refractivity contribution in [2.75, 3.05) is 0 Å². The molecule has 0 unspecified atom stereocenters. The minimum Gasteiger partial charge on any atom is -0.444 e. The van der Waals surface area contributed by atoms with E-state index in [1.54, 1.807) is 27.7 Å². The minimum atomic E-state index is -0.524. The third kappa shape index (κ3) is 3.83. The molecule has 1 saturated carbocycles. The molecule has 4 heteroatoms. The number of rotatable bonds is 3. The van der Waals surface area contributed by atoms with Crippen molar-refractivity contribution in [3.63, 3.8) is 0 Å². The number of carbonyl (C=O) groups excluding carboxylic acids is 2. The number of ether oxygens (including phenoxy) is 1. The second-order valence-electron chi connectivity index (χ2n) is 5.40. The van der Waals surface area contributed by atoms with Gasteiger partial charge in [-0.05, 0) is 40.5 Å². The van der Waals surface area contributed by atoms with Crippen molar-refractivity contribution in [1.29, 1.82) is 0 Å². The third-order valence-electron chi connectivity index (χ3n) is 2.67. The van der Waals surface area contributed by atoms with E-state index in [1.165, 1.54) is 0 Å². The molecule has 0 saturated heterocycles. The van der Waals surface area contributed by atoms with E-state index in [2.05, 4.69) is 5.32 Å². The van der Waals surface area contributed by atoms with Crippen molar-refractivity contribution in [2.24, 2.45) is 5.92 Å². The molecule has 0 heterocycles. The topological polar surface area (TPSA) is 55.4 Å². The third-order valence-corrected chi connectivity index (χ3v) is 2.67. The van der Waals surface area contributed by atoms with Gasteiger partial charge in [0.1, 0.15) is 5.60 Å². The Bertz CT molecular complexity index is 276. The van der Waals surface area contributed by atoms with Crippen LogP contribution in [-0.2, 0) is 9.53 Å². The predicted molar refractivity (Wildman–Crippen MR) is 61.2 cm³/mol. The Hall–Kier alpha value is -1.06. The Morgan fingerprint density at radius 3 is 2.25 bits per heavy atom. The molecule has 92 valence electrons. The first-order valence-corrected chi connectivity index (χ1v) is 5.83. The Morgan fingerprint density at radius 1 is 1.31 bits per heavy atom. The maximum absolute atomic E-state index is 11.8. The molecule has 1 aliphatic rings. The first-order chi connectivity index (χ1) is 7.29. The first-order valence-electron chi connectivity index (χ1n) is 5.83. The van der Waals surface area contributed by atoms with Gasteiger partial charge in [-0.2, -0.15) is 0 Å². The average Bonchev–Trinajstić information content (AvgIpc) is 1.96. The maximum Gasteiger partial charge on any atom is 0.408 e. The number of Topliss-reactive ketones (excluding diaryl/α,β-unsaturated/α-hetero) is 1. The van der Waals surface area contributed by atoms with Crippen LogP contribution in [0.15, 0.2) is 0 Å². The Kier molecular flexibility index (Phi) is 3.94. The smallest absolute Gasteiger partial charge is 0.408 e. The summed E-state index contributed by atoms with van der Waals surface area (Å²) in [5.74, 6) is 0.266. The van der Waals surface area contributed by atoms with Crippen molar-refractivity contribution in [2.45, 2.75) is 58.6 Å². The monoisotopic (exact) mass is 227 g/mol. The number of carbonyl (C=O) groups is 2. The van der Waals surface area contributed by atoms with Crippen molar-refractivity contribution in [3.8, 4) is 0 Å². The molecule has 0 aliphatic heterocycles. The molecule has 0 radical (unpaired) electrons. The van der Waals surface area contributed by atoms with Crippen LogP contribution in [0.5, 0.6) is 0 Å². The van der Waals surface area contributed by atoms with Gasteiger partial charge in [0.25, 0.3) is 0 Å². The Balaban J connectivity index is 2.35.